The molecule has 2 N–H and O–H groups in total. The highest BCUT2D eigenvalue weighted by atomic mass is 35.5. The molecular weight excluding hydrogens is 288 g/mol. The van der Waals surface area contributed by atoms with Crippen LogP contribution in [0, 0.1) is 5.82 Å². The van der Waals surface area contributed by atoms with Gasteiger partial charge in [-0.25, -0.2) is 4.39 Å². The van der Waals surface area contributed by atoms with Gasteiger partial charge in [-0.3, -0.25) is 4.79 Å². The van der Waals surface area contributed by atoms with Crippen molar-refractivity contribution in [2.45, 2.75) is 6.42 Å². The third kappa shape index (κ3) is 3.25. The van der Waals surface area contributed by atoms with E-state index in [9.17, 15) is 9.18 Å². The van der Waals surface area contributed by atoms with Gasteiger partial charge in [0.25, 0.3) is 0 Å². The molecule has 0 saturated carbocycles. The molecule has 2 aromatic carbocycles. The van der Waals surface area contributed by atoms with Gasteiger partial charge in [0.15, 0.2) is 5.78 Å². The number of nitrogen functional groups attached to an aromatic ring is 1. The molecule has 0 heterocycles. The van der Waals surface area contributed by atoms with Crippen LogP contribution in [0.25, 0.3) is 0 Å². The van der Waals surface area contributed by atoms with Crippen LogP contribution in [0.2, 0.25) is 10.0 Å². The van der Waals surface area contributed by atoms with Gasteiger partial charge in [0, 0.05) is 17.0 Å². The molecule has 0 aliphatic heterocycles. The Labute approximate surface area is 119 Å². The van der Waals surface area contributed by atoms with Gasteiger partial charge in [0.2, 0.25) is 0 Å². The summed E-state index contributed by atoms with van der Waals surface area (Å²) in [5, 5.41) is 0.674. The highest BCUT2D eigenvalue weighted by molar-refractivity contribution is 6.33. The normalized spacial score (nSPS) is 10.5. The number of halogens is 3. The van der Waals surface area contributed by atoms with Gasteiger partial charge in [0.05, 0.1) is 10.7 Å². The molecule has 19 heavy (non-hydrogen) atoms. The lowest BCUT2D eigenvalue weighted by Crippen LogP contribution is -2.05. The Balaban J connectivity index is 2.25. The van der Waals surface area contributed by atoms with E-state index in [0.717, 1.165) is 0 Å². The molecule has 0 atom stereocenters. The summed E-state index contributed by atoms with van der Waals surface area (Å²) in [5.41, 5.74) is 6.84. The molecule has 0 unspecified atom stereocenters. The molecule has 0 fully saturated rings. The molecule has 0 spiro atoms. The van der Waals surface area contributed by atoms with Crippen LogP contribution in [0.5, 0.6) is 0 Å². The summed E-state index contributed by atoms with van der Waals surface area (Å²) < 4.78 is 13.1. The molecule has 0 saturated heterocycles. The van der Waals surface area contributed by atoms with Crippen LogP contribution in [0.15, 0.2) is 36.4 Å². The molecule has 2 rings (SSSR count). The molecule has 98 valence electrons. The summed E-state index contributed by atoms with van der Waals surface area (Å²) in [7, 11) is 0. The summed E-state index contributed by atoms with van der Waals surface area (Å²) in [5.74, 6) is -0.628. The van der Waals surface area contributed by atoms with Gasteiger partial charge in [-0.2, -0.15) is 0 Å². The number of benzene rings is 2. The lowest BCUT2D eigenvalue weighted by Gasteiger charge is -2.05. The predicted octanol–water partition coefficient (Wildman–Crippen LogP) is 4.14. The first-order chi connectivity index (χ1) is 8.97. The Morgan fingerprint density at radius 1 is 1.11 bits per heavy atom. The topological polar surface area (TPSA) is 43.1 Å². The van der Waals surface area contributed by atoms with Crippen LogP contribution >= 0.6 is 23.2 Å². The van der Waals surface area contributed by atoms with Crippen LogP contribution in [0.3, 0.4) is 0 Å². The number of carbonyl (C=O) groups is 1. The molecule has 5 heteroatoms. The van der Waals surface area contributed by atoms with Crippen molar-refractivity contribution in [3.05, 3.63) is 63.4 Å². The summed E-state index contributed by atoms with van der Waals surface area (Å²) in [6, 6.07) is 8.55. The molecule has 0 bridgehead atoms. The van der Waals surface area contributed by atoms with E-state index in [1.165, 1.54) is 24.3 Å². The zero-order chi connectivity index (χ0) is 14.0. The number of hydrogen-bond acceptors (Lipinski definition) is 2. The number of hydrogen-bond donors (Lipinski definition) is 1. The lowest BCUT2D eigenvalue weighted by molar-refractivity contribution is 0.0993. The van der Waals surface area contributed by atoms with Crippen LogP contribution < -0.4 is 5.73 Å². The minimum Gasteiger partial charge on any atom is -0.398 e. The Morgan fingerprint density at radius 3 is 2.53 bits per heavy atom. The third-order valence-corrected chi connectivity index (χ3v) is 3.38. The van der Waals surface area contributed by atoms with Crippen molar-refractivity contribution in [2.24, 2.45) is 0 Å². The molecule has 0 aliphatic rings. The van der Waals surface area contributed by atoms with Gasteiger partial charge >= 0.3 is 0 Å². The second-order valence-electron chi connectivity index (χ2n) is 4.07. The van der Waals surface area contributed by atoms with Crippen molar-refractivity contribution >= 4 is 34.7 Å². The van der Waals surface area contributed by atoms with E-state index in [2.05, 4.69) is 0 Å². The second-order valence-corrected chi connectivity index (χ2v) is 4.89. The Kier molecular flexibility index (Phi) is 4.08. The van der Waals surface area contributed by atoms with Crippen molar-refractivity contribution in [3.8, 4) is 0 Å². The maximum absolute atomic E-state index is 13.1. The minimum atomic E-state index is -0.428. The average Bonchev–Trinajstić information content (AvgIpc) is 2.37. The fourth-order valence-corrected chi connectivity index (χ4v) is 2.02. The van der Waals surface area contributed by atoms with E-state index < -0.39 is 5.82 Å². The highest BCUT2D eigenvalue weighted by Gasteiger charge is 2.11. The van der Waals surface area contributed by atoms with Crippen molar-refractivity contribution in [3.63, 3.8) is 0 Å². The van der Waals surface area contributed by atoms with Crippen molar-refractivity contribution in [2.75, 3.05) is 5.73 Å². The van der Waals surface area contributed by atoms with Crippen molar-refractivity contribution in [1.82, 2.24) is 0 Å². The van der Waals surface area contributed by atoms with Crippen LogP contribution in [0.4, 0.5) is 10.1 Å². The van der Waals surface area contributed by atoms with E-state index in [-0.39, 0.29) is 12.2 Å². The second kappa shape index (κ2) is 5.59. The zero-order valence-corrected chi connectivity index (χ0v) is 11.3. The molecule has 2 aromatic rings. The van der Waals surface area contributed by atoms with Gasteiger partial charge in [-0.05, 0) is 42.0 Å². The quantitative estimate of drug-likeness (QED) is 0.683. The van der Waals surface area contributed by atoms with E-state index in [1.54, 1.807) is 12.1 Å². The summed E-state index contributed by atoms with van der Waals surface area (Å²) in [6.45, 7) is 0. The smallest absolute Gasteiger partial charge is 0.167 e. The third-order valence-electron chi connectivity index (χ3n) is 2.68. The maximum atomic E-state index is 13.1. The summed E-state index contributed by atoms with van der Waals surface area (Å²) >= 11 is 11.8. The number of Topliss-reactive ketones (excluding diaryl/α,β-unsaturated/α-hetero) is 1. The van der Waals surface area contributed by atoms with Gasteiger partial charge in [0.1, 0.15) is 5.82 Å². The summed E-state index contributed by atoms with van der Waals surface area (Å²) in [6.07, 6.45) is 0.0108. The molecule has 0 radical (unpaired) electrons. The van der Waals surface area contributed by atoms with E-state index in [4.69, 9.17) is 28.9 Å². The maximum Gasteiger partial charge on any atom is 0.167 e. The van der Waals surface area contributed by atoms with Crippen molar-refractivity contribution < 1.29 is 9.18 Å². The predicted molar refractivity (Wildman–Crippen MR) is 75.3 cm³/mol. The number of ketones is 1. The first-order valence-electron chi connectivity index (χ1n) is 5.49. The Morgan fingerprint density at radius 2 is 1.84 bits per heavy atom. The number of carbonyl (C=O) groups excluding carboxylic acids is 1. The highest BCUT2D eigenvalue weighted by Crippen LogP contribution is 2.23. The van der Waals surface area contributed by atoms with Gasteiger partial charge in [-0.15, -0.1) is 0 Å². The first-order valence-corrected chi connectivity index (χ1v) is 6.25. The van der Waals surface area contributed by atoms with Crippen molar-refractivity contribution in [1.29, 1.82) is 0 Å². The van der Waals surface area contributed by atoms with Crippen LogP contribution in [-0.4, -0.2) is 5.78 Å². The largest absolute Gasteiger partial charge is 0.398 e. The minimum absolute atomic E-state index is 0.0108. The van der Waals surface area contributed by atoms with Gasteiger partial charge in [-0.1, -0.05) is 23.2 Å². The summed E-state index contributed by atoms with van der Waals surface area (Å²) in [4.78, 5) is 12.1. The number of anilines is 1. The fraction of sp³-hybridized carbons (Fsp3) is 0.0714. The van der Waals surface area contributed by atoms with Gasteiger partial charge < -0.3 is 5.73 Å². The zero-order valence-electron chi connectivity index (χ0n) is 9.79. The molecular formula is C14H10Cl2FNO. The van der Waals surface area contributed by atoms with Crippen LogP contribution in [0.1, 0.15) is 15.9 Å². The Hall–Kier alpha value is -1.58. The lowest BCUT2D eigenvalue weighted by atomic mass is 10.0. The molecule has 0 amide bonds. The SMILES string of the molecule is Nc1ccc(C(=O)Cc2cc(F)ccc2Cl)cc1Cl. The van der Waals surface area contributed by atoms with Crippen LogP contribution in [-0.2, 0) is 6.42 Å². The molecule has 0 aromatic heterocycles. The average molecular weight is 298 g/mol. The van der Waals surface area contributed by atoms with E-state index in [0.29, 0.717) is 26.9 Å². The fourth-order valence-electron chi connectivity index (χ4n) is 1.65. The van der Waals surface area contributed by atoms with E-state index >= 15 is 0 Å². The first kappa shape index (κ1) is 13.8. The number of nitrogens with two attached hydrogens (primary N) is 1. The number of rotatable bonds is 3. The van der Waals surface area contributed by atoms with E-state index in [1.807, 2.05) is 0 Å². The monoisotopic (exact) mass is 297 g/mol. The standard InChI is InChI=1S/C14H10Cl2FNO/c15-11-3-2-10(17)5-9(11)7-14(19)8-1-4-13(18)12(16)6-8/h1-6H,7,18H2. The molecule has 2 nitrogen and oxygen atoms in total. The Bertz CT molecular complexity index is 643. The molecule has 0 aliphatic carbocycles.